The fourth-order valence-electron chi connectivity index (χ4n) is 5.39. The zero-order valence-corrected chi connectivity index (χ0v) is 23.6. The lowest BCUT2D eigenvalue weighted by atomic mass is 9.61. The third kappa shape index (κ3) is 5.66. The molecule has 4 rings (SSSR count). The second-order valence-corrected chi connectivity index (χ2v) is 10.9. The molecule has 1 aromatic carbocycles. The van der Waals surface area contributed by atoms with Gasteiger partial charge in [0.2, 0.25) is 0 Å². The molecule has 2 heterocycles. The average Bonchev–Trinajstić information content (AvgIpc) is 2.83. The Balaban J connectivity index is 1.75. The van der Waals surface area contributed by atoms with E-state index in [4.69, 9.17) is 36.8 Å². The Kier molecular flexibility index (Phi) is 8.62. The van der Waals surface area contributed by atoms with Gasteiger partial charge in [-0.25, -0.2) is 9.97 Å². The molecule has 10 heteroatoms. The van der Waals surface area contributed by atoms with Crippen molar-refractivity contribution in [2.75, 3.05) is 45.3 Å². The SMILES string of the molecule is CCC(=O)C(=C(C)N)c1nc(-c2cc(OC[C@H](O)CNC)ccc2Cl)nc(N2CC3(CC(OC)C3)C2)c1C. The minimum Gasteiger partial charge on any atom is -0.491 e. The van der Waals surface area contributed by atoms with E-state index in [1.165, 1.54) is 0 Å². The summed E-state index contributed by atoms with van der Waals surface area (Å²) in [5, 5.41) is 13.4. The van der Waals surface area contributed by atoms with Crippen LogP contribution < -0.4 is 20.7 Å². The number of methoxy groups -OCH3 is 1. The Bertz CT molecular complexity index is 1220. The van der Waals surface area contributed by atoms with Crippen molar-refractivity contribution in [3.8, 4) is 17.1 Å². The molecule has 1 atom stereocenters. The molecule has 1 aliphatic heterocycles. The van der Waals surface area contributed by atoms with Crippen LogP contribution in [0.25, 0.3) is 17.0 Å². The average molecular weight is 544 g/mol. The lowest BCUT2D eigenvalue weighted by Gasteiger charge is -2.59. The first kappa shape index (κ1) is 28.3. The van der Waals surface area contributed by atoms with Crippen molar-refractivity contribution in [3.05, 3.63) is 40.2 Å². The maximum atomic E-state index is 13.0. The Morgan fingerprint density at radius 2 is 2.05 bits per heavy atom. The quantitative estimate of drug-likeness (QED) is 0.366. The molecular formula is C28H38ClN5O4. The van der Waals surface area contributed by atoms with Crippen molar-refractivity contribution >= 4 is 28.8 Å². The van der Waals surface area contributed by atoms with Crippen molar-refractivity contribution in [3.63, 3.8) is 0 Å². The number of hydrogen-bond acceptors (Lipinski definition) is 9. The van der Waals surface area contributed by atoms with E-state index in [1.54, 1.807) is 39.3 Å². The minimum absolute atomic E-state index is 0.0765. The summed E-state index contributed by atoms with van der Waals surface area (Å²) in [7, 11) is 3.53. The van der Waals surface area contributed by atoms with Crippen LogP contribution in [0.15, 0.2) is 23.9 Å². The van der Waals surface area contributed by atoms with Gasteiger partial charge in [0.25, 0.3) is 0 Å². The number of carbonyl (C=O) groups is 1. The summed E-state index contributed by atoms with van der Waals surface area (Å²) in [4.78, 5) is 25.0. The molecule has 38 heavy (non-hydrogen) atoms. The fourth-order valence-corrected chi connectivity index (χ4v) is 5.59. The highest BCUT2D eigenvalue weighted by molar-refractivity contribution is 6.33. The van der Waals surface area contributed by atoms with E-state index in [0.717, 1.165) is 37.3 Å². The zero-order chi connectivity index (χ0) is 27.6. The second-order valence-electron chi connectivity index (χ2n) is 10.5. The number of hydrogen-bond donors (Lipinski definition) is 3. The van der Waals surface area contributed by atoms with Crippen LogP contribution in [-0.2, 0) is 9.53 Å². The molecule has 2 aliphatic rings. The lowest BCUT2D eigenvalue weighted by Crippen LogP contribution is -2.64. The lowest BCUT2D eigenvalue weighted by molar-refractivity contribution is -0.113. The van der Waals surface area contributed by atoms with Crippen molar-refractivity contribution in [2.24, 2.45) is 11.1 Å². The number of aromatic nitrogens is 2. The van der Waals surface area contributed by atoms with Crippen LogP contribution >= 0.6 is 11.6 Å². The number of likely N-dealkylation sites (N-methyl/N-ethyl adjacent to an activating group) is 1. The number of ether oxygens (including phenoxy) is 2. The van der Waals surface area contributed by atoms with E-state index >= 15 is 0 Å². The van der Waals surface area contributed by atoms with Crippen LogP contribution in [0.2, 0.25) is 5.02 Å². The van der Waals surface area contributed by atoms with Crippen LogP contribution in [0.1, 0.15) is 44.4 Å². The predicted octanol–water partition coefficient (Wildman–Crippen LogP) is 3.35. The molecular weight excluding hydrogens is 506 g/mol. The maximum Gasteiger partial charge on any atom is 0.166 e. The normalized spacial score (nSPS) is 18.0. The Labute approximate surface area is 229 Å². The van der Waals surface area contributed by atoms with Gasteiger partial charge in [-0.1, -0.05) is 18.5 Å². The maximum absolute atomic E-state index is 13.0. The summed E-state index contributed by atoms with van der Waals surface area (Å²) in [5.41, 5.74) is 9.21. The van der Waals surface area contributed by atoms with E-state index in [1.807, 2.05) is 13.8 Å². The molecule has 0 bridgehead atoms. The summed E-state index contributed by atoms with van der Waals surface area (Å²) in [6.07, 6.45) is 2.05. The zero-order valence-electron chi connectivity index (χ0n) is 22.8. The smallest absolute Gasteiger partial charge is 0.166 e. The van der Waals surface area contributed by atoms with Gasteiger partial charge in [-0.3, -0.25) is 4.79 Å². The number of benzene rings is 1. The summed E-state index contributed by atoms with van der Waals surface area (Å²) >= 11 is 6.63. The number of aliphatic hydroxyl groups excluding tert-OH is 1. The summed E-state index contributed by atoms with van der Waals surface area (Å²) < 4.78 is 11.3. The first-order chi connectivity index (χ1) is 18.1. The van der Waals surface area contributed by atoms with Crippen LogP contribution in [-0.4, -0.2) is 73.5 Å². The molecule has 0 amide bonds. The largest absolute Gasteiger partial charge is 0.491 e. The summed E-state index contributed by atoms with van der Waals surface area (Å²) in [5.74, 6) is 1.61. The number of halogens is 1. The number of nitrogens with one attached hydrogen (secondary N) is 1. The van der Waals surface area contributed by atoms with Crippen LogP contribution in [0.5, 0.6) is 5.75 Å². The number of Topliss-reactive ketones (excluding diaryl/α,β-unsaturated/α-hetero) is 1. The number of nitrogens with zero attached hydrogens (tertiary/aromatic N) is 3. The predicted molar refractivity (Wildman–Crippen MR) is 149 cm³/mol. The number of anilines is 1. The number of carbonyl (C=O) groups excluding carboxylic acids is 1. The van der Waals surface area contributed by atoms with Crippen molar-refractivity contribution < 1.29 is 19.4 Å². The number of allylic oxidation sites excluding steroid dienone is 2. The molecule has 1 aliphatic carbocycles. The molecule has 4 N–H and O–H groups in total. The summed E-state index contributed by atoms with van der Waals surface area (Å²) in [6.45, 7) is 7.74. The molecule has 9 nitrogen and oxygen atoms in total. The van der Waals surface area contributed by atoms with Crippen molar-refractivity contribution in [1.82, 2.24) is 15.3 Å². The van der Waals surface area contributed by atoms with E-state index in [-0.39, 0.29) is 17.8 Å². The molecule has 1 saturated heterocycles. The van der Waals surface area contributed by atoms with Gasteiger partial charge in [-0.15, -0.1) is 0 Å². The first-order valence-corrected chi connectivity index (χ1v) is 13.4. The van der Waals surface area contributed by atoms with Gasteiger partial charge >= 0.3 is 0 Å². The molecule has 0 radical (unpaired) electrons. The highest BCUT2D eigenvalue weighted by Crippen LogP contribution is 2.51. The Morgan fingerprint density at radius 1 is 1.34 bits per heavy atom. The fraction of sp³-hybridized carbons (Fsp3) is 0.536. The number of ketones is 1. The standard InChI is InChI=1S/C28H38ClN5O4/c1-6-23(36)24(17(3)30)25-16(2)27(34-14-28(15-34)10-20(11-28)37-5)33-26(32-25)21-9-19(7-8-22(21)29)38-13-18(35)12-31-4/h7-9,18,20,31,35H,6,10-15,30H2,1-5H3/t18-/m1/s1. The van der Waals surface area contributed by atoms with Gasteiger partial charge in [0, 0.05) is 55.4 Å². The second kappa shape index (κ2) is 11.6. The van der Waals surface area contributed by atoms with Gasteiger partial charge in [0.15, 0.2) is 11.6 Å². The van der Waals surface area contributed by atoms with Crippen LogP contribution in [0, 0.1) is 12.3 Å². The summed E-state index contributed by atoms with van der Waals surface area (Å²) in [6, 6.07) is 5.23. The van der Waals surface area contributed by atoms with Crippen LogP contribution in [0.3, 0.4) is 0 Å². The third-order valence-corrected chi connectivity index (χ3v) is 7.75. The van der Waals surface area contributed by atoms with Gasteiger partial charge in [0.1, 0.15) is 24.3 Å². The number of nitrogens with two attached hydrogens (primary N) is 1. The first-order valence-electron chi connectivity index (χ1n) is 13.0. The highest BCUT2D eigenvalue weighted by Gasteiger charge is 2.53. The molecule has 1 aromatic heterocycles. The molecule has 2 fully saturated rings. The van der Waals surface area contributed by atoms with Gasteiger partial charge in [-0.2, -0.15) is 0 Å². The van der Waals surface area contributed by atoms with Crippen molar-refractivity contribution in [1.29, 1.82) is 0 Å². The number of aliphatic hydroxyl groups is 1. The Morgan fingerprint density at radius 3 is 2.66 bits per heavy atom. The van der Waals surface area contributed by atoms with E-state index < -0.39 is 6.10 Å². The van der Waals surface area contributed by atoms with Gasteiger partial charge in [0.05, 0.1) is 22.4 Å². The molecule has 206 valence electrons. The molecule has 2 aromatic rings. The van der Waals surface area contributed by atoms with E-state index in [9.17, 15) is 9.90 Å². The molecule has 1 spiro atoms. The van der Waals surface area contributed by atoms with E-state index in [2.05, 4.69) is 10.2 Å². The van der Waals surface area contributed by atoms with Crippen LogP contribution in [0.4, 0.5) is 5.82 Å². The topological polar surface area (TPSA) is 123 Å². The molecule has 1 saturated carbocycles. The highest BCUT2D eigenvalue weighted by atomic mass is 35.5. The third-order valence-electron chi connectivity index (χ3n) is 7.42. The number of rotatable bonds is 11. The van der Waals surface area contributed by atoms with Crippen molar-refractivity contribution in [2.45, 2.75) is 52.2 Å². The van der Waals surface area contributed by atoms with Gasteiger partial charge in [-0.05, 0) is 51.9 Å². The minimum atomic E-state index is -0.656. The van der Waals surface area contributed by atoms with Gasteiger partial charge < -0.3 is 30.5 Å². The Hall–Kier alpha value is -2.72. The monoisotopic (exact) mass is 543 g/mol. The van der Waals surface area contributed by atoms with E-state index in [0.29, 0.717) is 58.2 Å². The molecule has 0 unspecified atom stereocenters.